The van der Waals surface area contributed by atoms with Gasteiger partial charge in [0.25, 0.3) is 0 Å². The molecule has 0 amide bonds. The van der Waals surface area contributed by atoms with Gasteiger partial charge >= 0.3 is 0 Å². The molecule has 0 aromatic carbocycles. The maximum Gasteiger partial charge on any atom is 0.148 e. The molecule has 0 spiro atoms. The summed E-state index contributed by atoms with van der Waals surface area (Å²) < 4.78 is 0. The number of hydrogen-bond donors (Lipinski definition) is 0. The molecular weight excluding hydrogens is 222 g/mol. The van der Waals surface area contributed by atoms with Crippen LogP contribution in [0.3, 0.4) is 0 Å². The van der Waals surface area contributed by atoms with Gasteiger partial charge in [-0.2, -0.15) is 5.26 Å². The topological polar surface area (TPSA) is 39.9 Å². The molecule has 0 saturated heterocycles. The molecule has 3 nitrogen and oxygen atoms in total. The van der Waals surface area contributed by atoms with Crippen LogP contribution in [0.5, 0.6) is 0 Å². The Morgan fingerprint density at radius 1 is 1.69 bits per heavy atom. The van der Waals surface area contributed by atoms with Crippen molar-refractivity contribution in [3.63, 3.8) is 0 Å². The lowest BCUT2D eigenvalue weighted by Crippen LogP contribution is -2.22. The van der Waals surface area contributed by atoms with Crippen molar-refractivity contribution in [3.05, 3.63) is 22.8 Å². The summed E-state index contributed by atoms with van der Waals surface area (Å²) in [5.74, 6) is 2.26. The Morgan fingerprint density at radius 2 is 2.38 bits per heavy atom. The second kappa shape index (κ2) is 4.31. The molecule has 0 N–H and O–H groups in total. The van der Waals surface area contributed by atoms with E-state index < -0.39 is 0 Å². The van der Waals surface area contributed by atoms with E-state index in [1.165, 1.54) is 6.42 Å². The summed E-state index contributed by atoms with van der Waals surface area (Å²) in [5.41, 5.74) is 0.488. The largest absolute Gasteiger partial charge is 0.358 e. The number of rotatable bonds is 3. The summed E-state index contributed by atoms with van der Waals surface area (Å²) in [6.07, 6.45) is 2.91. The molecule has 0 bridgehead atoms. The van der Waals surface area contributed by atoms with Crippen LogP contribution in [0.2, 0.25) is 5.02 Å². The molecule has 0 radical (unpaired) electrons. The first kappa shape index (κ1) is 11.2. The van der Waals surface area contributed by atoms with Crippen LogP contribution in [0.15, 0.2) is 12.3 Å². The molecule has 1 aliphatic rings. The normalized spacial score (nSPS) is 22.6. The highest BCUT2D eigenvalue weighted by Gasteiger charge is 2.33. The average molecular weight is 236 g/mol. The molecule has 1 fully saturated rings. The average Bonchev–Trinajstić information content (AvgIpc) is 2.94. The number of aromatic nitrogens is 1. The molecule has 1 aromatic heterocycles. The monoisotopic (exact) mass is 235 g/mol. The number of nitrogens with zero attached hydrogens (tertiary/aromatic N) is 3. The molecule has 2 atom stereocenters. The Hall–Kier alpha value is -1.27. The van der Waals surface area contributed by atoms with Gasteiger partial charge in [-0.15, -0.1) is 0 Å². The minimum Gasteiger partial charge on any atom is -0.358 e. The molecule has 2 rings (SSSR count). The van der Waals surface area contributed by atoms with E-state index >= 15 is 0 Å². The first-order valence-corrected chi connectivity index (χ1v) is 5.77. The van der Waals surface area contributed by atoms with Crippen LogP contribution in [0.1, 0.15) is 18.9 Å². The summed E-state index contributed by atoms with van der Waals surface area (Å²) in [7, 11) is 1.97. The van der Waals surface area contributed by atoms with Crippen LogP contribution in [0.4, 0.5) is 5.82 Å². The van der Waals surface area contributed by atoms with Crippen molar-refractivity contribution >= 4 is 17.4 Å². The molecule has 16 heavy (non-hydrogen) atoms. The highest BCUT2D eigenvalue weighted by atomic mass is 35.5. The van der Waals surface area contributed by atoms with Crippen LogP contribution in [0.25, 0.3) is 0 Å². The van der Waals surface area contributed by atoms with Gasteiger partial charge in [0, 0.05) is 19.8 Å². The maximum atomic E-state index is 8.88. The summed E-state index contributed by atoms with van der Waals surface area (Å²) in [6, 6.07) is 3.71. The Morgan fingerprint density at radius 3 is 2.94 bits per heavy atom. The number of nitriles is 1. The van der Waals surface area contributed by atoms with Crippen LogP contribution >= 0.6 is 11.6 Å². The smallest absolute Gasteiger partial charge is 0.148 e. The van der Waals surface area contributed by atoms with Gasteiger partial charge < -0.3 is 4.90 Å². The number of pyridine rings is 1. The van der Waals surface area contributed by atoms with E-state index in [9.17, 15) is 0 Å². The summed E-state index contributed by atoms with van der Waals surface area (Å²) in [6.45, 7) is 3.21. The Bertz CT molecular complexity index is 438. The Kier molecular flexibility index (Phi) is 3.02. The van der Waals surface area contributed by atoms with Crippen molar-refractivity contribution in [2.45, 2.75) is 13.3 Å². The second-order valence-corrected chi connectivity index (χ2v) is 4.84. The third-order valence-corrected chi connectivity index (χ3v) is 3.51. The SMILES string of the molecule is CC1CC1CN(C)c1nccc(C#N)c1Cl. The zero-order valence-corrected chi connectivity index (χ0v) is 10.2. The molecular formula is C12H14ClN3. The van der Waals surface area contributed by atoms with E-state index in [-0.39, 0.29) is 0 Å². The van der Waals surface area contributed by atoms with Crippen molar-refractivity contribution < 1.29 is 0 Å². The zero-order chi connectivity index (χ0) is 11.7. The van der Waals surface area contributed by atoms with Crippen LogP contribution in [-0.2, 0) is 0 Å². The van der Waals surface area contributed by atoms with E-state index in [2.05, 4.69) is 18.0 Å². The number of hydrogen-bond acceptors (Lipinski definition) is 3. The maximum absolute atomic E-state index is 8.88. The summed E-state index contributed by atoms with van der Waals surface area (Å²) in [4.78, 5) is 6.27. The minimum atomic E-state index is 0.459. The predicted molar refractivity (Wildman–Crippen MR) is 64.5 cm³/mol. The van der Waals surface area contributed by atoms with E-state index in [4.69, 9.17) is 16.9 Å². The standard InChI is InChI=1S/C12H14ClN3/c1-8-5-10(8)7-16(2)12-11(13)9(6-14)3-4-15-12/h3-4,8,10H,5,7H2,1-2H3. The van der Waals surface area contributed by atoms with Crippen LogP contribution in [0, 0.1) is 23.2 Å². The minimum absolute atomic E-state index is 0.459. The highest BCUT2D eigenvalue weighted by molar-refractivity contribution is 6.34. The van der Waals surface area contributed by atoms with Crippen LogP contribution in [-0.4, -0.2) is 18.6 Å². The van der Waals surface area contributed by atoms with E-state index in [1.807, 2.05) is 11.9 Å². The van der Waals surface area contributed by atoms with E-state index in [1.54, 1.807) is 12.3 Å². The fraction of sp³-hybridized carbons (Fsp3) is 0.500. The molecule has 2 unspecified atom stereocenters. The fourth-order valence-electron chi connectivity index (χ4n) is 1.88. The van der Waals surface area contributed by atoms with Crippen molar-refractivity contribution in [3.8, 4) is 6.07 Å². The van der Waals surface area contributed by atoms with Gasteiger partial charge in [-0.05, 0) is 24.3 Å². The van der Waals surface area contributed by atoms with Gasteiger partial charge in [0.15, 0.2) is 0 Å². The summed E-state index contributed by atoms with van der Waals surface area (Å²) in [5, 5.41) is 9.34. The van der Waals surface area contributed by atoms with Crippen molar-refractivity contribution in [1.29, 1.82) is 5.26 Å². The Labute approximate surface area is 101 Å². The third-order valence-electron chi connectivity index (χ3n) is 3.14. The molecule has 4 heteroatoms. The van der Waals surface area contributed by atoms with Crippen molar-refractivity contribution in [2.24, 2.45) is 11.8 Å². The number of halogens is 1. The fourth-order valence-corrected chi connectivity index (χ4v) is 2.18. The second-order valence-electron chi connectivity index (χ2n) is 4.46. The van der Waals surface area contributed by atoms with Crippen molar-refractivity contribution in [1.82, 2.24) is 4.98 Å². The van der Waals surface area contributed by atoms with Crippen LogP contribution < -0.4 is 4.90 Å². The lowest BCUT2D eigenvalue weighted by molar-refractivity contribution is 0.719. The lowest BCUT2D eigenvalue weighted by Gasteiger charge is -2.19. The predicted octanol–water partition coefficient (Wildman–Crippen LogP) is 2.70. The molecule has 1 aromatic rings. The molecule has 1 heterocycles. The van der Waals surface area contributed by atoms with Gasteiger partial charge in [0.1, 0.15) is 16.9 Å². The van der Waals surface area contributed by atoms with E-state index in [0.29, 0.717) is 16.4 Å². The molecule has 1 saturated carbocycles. The molecule has 1 aliphatic carbocycles. The molecule has 84 valence electrons. The first-order chi connectivity index (χ1) is 7.63. The zero-order valence-electron chi connectivity index (χ0n) is 9.44. The van der Waals surface area contributed by atoms with Gasteiger partial charge in [-0.25, -0.2) is 4.98 Å². The molecule has 0 aliphatic heterocycles. The quantitative estimate of drug-likeness (QED) is 0.809. The number of anilines is 1. The van der Waals surface area contributed by atoms with Gasteiger partial charge in [0.05, 0.1) is 5.56 Å². The van der Waals surface area contributed by atoms with Gasteiger partial charge in [-0.1, -0.05) is 18.5 Å². The van der Waals surface area contributed by atoms with Gasteiger partial charge in [0.2, 0.25) is 0 Å². The van der Waals surface area contributed by atoms with E-state index in [0.717, 1.165) is 18.4 Å². The van der Waals surface area contributed by atoms with Gasteiger partial charge in [-0.3, -0.25) is 0 Å². The summed E-state index contributed by atoms with van der Waals surface area (Å²) >= 11 is 6.12. The highest BCUT2D eigenvalue weighted by Crippen LogP contribution is 2.39. The Balaban J connectivity index is 2.16. The van der Waals surface area contributed by atoms with Crippen molar-refractivity contribution in [2.75, 3.05) is 18.5 Å². The third kappa shape index (κ3) is 2.12. The lowest BCUT2D eigenvalue weighted by atomic mass is 10.2. The first-order valence-electron chi connectivity index (χ1n) is 5.39.